The topological polar surface area (TPSA) is 64.0 Å². The second-order valence-corrected chi connectivity index (χ2v) is 8.48. The van der Waals surface area contributed by atoms with Crippen LogP contribution in [0.15, 0.2) is 9.95 Å². The van der Waals surface area contributed by atoms with Gasteiger partial charge in [0.1, 0.15) is 4.83 Å². The van der Waals surface area contributed by atoms with Crippen molar-refractivity contribution < 1.29 is 4.79 Å². The van der Waals surface area contributed by atoms with Gasteiger partial charge in [-0.15, -0.1) is 11.3 Å². The molecule has 2 aromatic heterocycles. The number of hydrogen-bond donors (Lipinski definition) is 1. The Hall–Kier alpha value is -1.34. The van der Waals surface area contributed by atoms with Gasteiger partial charge in [0.05, 0.1) is 11.1 Å². The summed E-state index contributed by atoms with van der Waals surface area (Å²) in [5.41, 5.74) is 1.04. The van der Waals surface area contributed by atoms with Crippen LogP contribution in [0.4, 0.5) is 0 Å². The summed E-state index contributed by atoms with van der Waals surface area (Å²) in [4.78, 5) is 31.7. The molecule has 1 N–H and O–H groups in total. The van der Waals surface area contributed by atoms with Crippen LogP contribution in [0.1, 0.15) is 50.5 Å². The Morgan fingerprint density at radius 1 is 1.36 bits per heavy atom. The van der Waals surface area contributed by atoms with Gasteiger partial charge >= 0.3 is 0 Å². The van der Waals surface area contributed by atoms with Crippen LogP contribution in [0.25, 0.3) is 10.2 Å². The van der Waals surface area contributed by atoms with E-state index >= 15 is 0 Å². The van der Waals surface area contributed by atoms with E-state index in [0.29, 0.717) is 11.7 Å². The van der Waals surface area contributed by atoms with Crippen molar-refractivity contribution in [1.82, 2.24) is 14.9 Å². The number of carbonyl (C=O) groups excluding carboxylic acids is 1. The Bertz CT molecular complexity index is 811. The van der Waals surface area contributed by atoms with Crippen LogP contribution in [0.5, 0.6) is 0 Å². The van der Waals surface area contributed by atoms with E-state index in [0.717, 1.165) is 39.9 Å². The fourth-order valence-corrected chi connectivity index (χ4v) is 4.39. The van der Waals surface area contributed by atoms with Crippen molar-refractivity contribution in [2.45, 2.75) is 71.6 Å². The Morgan fingerprint density at radius 2 is 2.08 bits per heavy atom. The molecule has 138 valence electrons. The molecule has 25 heavy (non-hydrogen) atoms. The first-order chi connectivity index (χ1) is 11.9. The van der Waals surface area contributed by atoms with Crippen molar-refractivity contribution in [3.8, 4) is 0 Å². The van der Waals surface area contributed by atoms with E-state index in [4.69, 9.17) is 4.98 Å². The van der Waals surface area contributed by atoms with Crippen molar-refractivity contribution in [3.63, 3.8) is 0 Å². The van der Waals surface area contributed by atoms with Crippen molar-refractivity contribution >= 4 is 39.2 Å². The number of hydrogen-bond acceptors (Lipinski definition) is 5. The predicted molar refractivity (Wildman–Crippen MR) is 107 cm³/mol. The fourth-order valence-electron chi connectivity index (χ4n) is 2.48. The molecule has 0 aliphatic heterocycles. The molecular formula is C18H27N3O2S2. The first-order valence-electron chi connectivity index (χ1n) is 8.81. The monoisotopic (exact) mass is 381 g/mol. The van der Waals surface area contributed by atoms with Crippen LogP contribution in [0.2, 0.25) is 0 Å². The molecule has 0 fully saturated rings. The number of amides is 1. The van der Waals surface area contributed by atoms with Gasteiger partial charge < -0.3 is 5.32 Å². The third-order valence-electron chi connectivity index (χ3n) is 4.34. The number of aromatic nitrogens is 2. The van der Waals surface area contributed by atoms with E-state index in [1.54, 1.807) is 15.9 Å². The highest BCUT2D eigenvalue weighted by atomic mass is 32.2. The molecule has 2 aromatic rings. The summed E-state index contributed by atoms with van der Waals surface area (Å²) in [6.45, 7) is 10.8. The van der Waals surface area contributed by atoms with Crippen LogP contribution >= 0.6 is 23.1 Å². The lowest BCUT2D eigenvalue weighted by Gasteiger charge is -2.13. The Balaban J connectivity index is 2.33. The standard InChI is InChI=1S/C18H27N3O2S2/c1-6-8-9-21-17(23)15-12(4)13(5)25-16(15)20-18(21)24-10-14(22)19-11(3)7-2/h11H,6-10H2,1-5H3,(H,19,22). The van der Waals surface area contributed by atoms with Gasteiger partial charge in [-0.3, -0.25) is 14.2 Å². The summed E-state index contributed by atoms with van der Waals surface area (Å²) < 4.78 is 1.74. The summed E-state index contributed by atoms with van der Waals surface area (Å²) in [6.07, 6.45) is 2.82. The fraction of sp³-hybridized carbons (Fsp3) is 0.611. The number of thiophene rings is 1. The molecule has 0 spiro atoms. The first kappa shape index (κ1) is 20.0. The van der Waals surface area contributed by atoms with Crippen molar-refractivity contribution in [2.24, 2.45) is 0 Å². The molecule has 0 aromatic carbocycles. The van der Waals surface area contributed by atoms with Gasteiger partial charge in [-0.2, -0.15) is 0 Å². The Labute approximate surface area is 157 Å². The molecule has 7 heteroatoms. The molecule has 5 nitrogen and oxygen atoms in total. The zero-order chi connectivity index (χ0) is 18.6. The smallest absolute Gasteiger partial charge is 0.263 e. The average Bonchev–Trinajstić information content (AvgIpc) is 2.86. The molecule has 1 unspecified atom stereocenters. The number of thioether (sulfide) groups is 1. The minimum absolute atomic E-state index is 0.0186. The second-order valence-electron chi connectivity index (χ2n) is 6.33. The lowest BCUT2D eigenvalue weighted by Crippen LogP contribution is -2.33. The van der Waals surface area contributed by atoms with E-state index in [2.05, 4.69) is 12.2 Å². The maximum Gasteiger partial charge on any atom is 0.263 e. The van der Waals surface area contributed by atoms with E-state index < -0.39 is 0 Å². The molecule has 0 bridgehead atoms. The maximum absolute atomic E-state index is 13.0. The Morgan fingerprint density at radius 3 is 2.72 bits per heavy atom. The van der Waals surface area contributed by atoms with E-state index in [-0.39, 0.29) is 23.3 Å². The lowest BCUT2D eigenvalue weighted by atomic mass is 10.2. The second kappa shape index (κ2) is 8.85. The van der Waals surface area contributed by atoms with Crippen LogP contribution in [0.3, 0.4) is 0 Å². The van der Waals surface area contributed by atoms with E-state index in [9.17, 15) is 9.59 Å². The van der Waals surface area contributed by atoms with Gasteiger partial charge in [-0.1, -0.05) is 32.0 Å². The van der Waals surface area contributed by atoms with Crippen molar-refractivity contribution in [3.05, 3.63) is 20.8 Å². The highest BCUT2D eigenvalue weighted by molar-refractivity contribution is 7.99. The maximum atomic E-state index is 13.0. The normalized spacial score (nSPS) is 12.5. The summed E-state index contributed by atoms with van der Waals surface area (Å²) >= 11 is 2.90. The lowest BCUT2D eigenvalue weighted by molar-refractivity contribution is -0.119. The number of aryl methyl sites for hydroxylation is 2. The third-order valence-corrected chi connectivity index (χ3v) is 6.42. The van der Waals surface area contributed by atoms with E-state index in [1.807, 2.05) is 27.7 Å². The van der Waals surface area contributed by atoms with Gasteiger partial charge in [0.2, 0.25) is 5.91 Å². The predicted octanol–water partition coefficient (Wildman–Crippen LogP) is 3.88. The molecular weight excluding hydrogens is 354 g/mol. The Kier molecular flexibility index (Phi) is 7.07. The highest BCUT2D eigenvalue weighted by Gasteiger charge is 2.17. The molecule has 1 atom stereocenters. The molecule has 0 saturated carbocycles. The summed E-state index contributed by atoms with van der Waals surface area (Å²) in [5.74, 6) is 0.256. The molecule has 0 aliphatic carbocycles. The van der Waals surface area contributed by atoms with Gasteiger partial charge in [0.15, 0.2) is 5.16 Å². The number of unbranched alkanes of at least 4 members (excludes halogenated alkanes) is 1. The quantitative estimate of drug-likeness (QED) is 0.557. The van der Waals surface area contributed by atoms with Gasteiger partial charge in [0, 0.05) is 17.5 Å². The SMILES string of the molecule is CCCCn1c(SCC(=O)NC(C)CC)nc2sc(C)c(C)c2c1=O. The zero-order valence-corrected chi connectivity index (χ0v) is 17.3. The molecule has 0 radical (unpaired) electrons. The molecule has 1 amide bonds. The summed E-state index contributed by atoms with van der Waals surface area (Å²) in [7, 11) is 0. The third kappa shape index (κ3) is 4.64. The van der Waals surface area contributed by atoms with Crippen molar-refractivity contribution in [1.29, 1.82) is 0 Å². The minimum atomic E-state index is -0.0192. The van der Waals surface area contributed by atoms with Gasteiger partial charge in [0.25, 0.3) is 5.56 Å². The van der Waals surface area contributed by atoms with Crippen LogP contribution in [0, 0.1) is 13.8 Å². The summed E-state index contributed by atoms with van der Waals surface area (Å²) in [5, 5.41) is 4.33. The van der Waals surface area contributed by atoms with Crippen LogP contribution in [-0.4, -0.2) is 27.3 Å². The molecule has 0 aliphatic rings. The largest absolute Gasteiger partial charge is 0.353 e. The number of fused-ring (bicyclic) bond motifs is 1. The first-order valence-corrected chi connectivity index (χ1v) is 10.6. The van der Waals surface area contributed by atoms with Crippen LogP contribution < -0.4 is 10.9 Å². The van der Waals surface area contributed by atoms with Crippen molar-refractivity contribution in [2.75, 3.05) is 5.75 Å². The number of nitrogens with one attached hydrogen (secondary N) is 1. The number of nitrogens with zero attached hydrogens (tertiary/aromatic N) is 2. The minimum Gasteiger partial charge on any atom is -0.353 e. The van der Waals surface area contributed by atoms with E-state index in [1.165, 1.54) is 11.8 Å². The summed E-state index contributed by atoms with van der Waals surface area (Å²) in [6, 6.07) is 0.161. The van der Waals surface area contributed by atoms with Gasteiger partial charge in [-0.05, 0) is 39.2 Å². The average molecular weight is 382 g/mol. The molecule has 2 heterocycles. The number of carbonyl (C=O) groups is 1. The molecule has 2 rings (SSSR count). The van der Waals surface area contributed by atoms with Crippen LogP contribution in [-0.2, 0) is 11.3 Å². The number of rotatable bonds is 8. The molecule has 0 saturated heterocycles. The highest BCUT2D eigenvalue weighted by Crippen LogP contribution is 2.28. The zero-order valence-electron chi connectivity index (χ0n) is 15.6. The van der Waals surface area contributed by atoms with Gasteiger partial charge in [-0.25, -0.2) is 4.98 Å².